The lowest BCUT2D eigenvalue weighted by Crippen LogP contribution is -2.52. The second-order valence-corrected chi connectivity index (χ2v) is 5.71. The number of hydrogen-bond acceptors (Lipinski definition) is 5. The Labute approximate surface area is 134 Å². The number of halogens is 1. The standard InChI is InChI=1S/C15H22FN3O4/c1-10-12(11(2)23-18-10)13(20)19-7-4-15(16,5-8-19)14(21)17-6-9-22-3/h4-9H2,1-3H3,(H,17,21). The van der Waals surface area contributed by atoms with E-state index >= 15 is 0 Å². The number of likely N-dealkylation sites (tertiary alicyclic amines) is 1. The average molecular weight is 327 g/mol. The minimum atomic E-state index is -1.94. The highest BCUT2D eigenvalue weighted by Gasteiger charge is 2.43. The zero-order valence-electron chi connectivity index (χ0n) is 13.6. The Morgan fingerprint density at radius 1 is 1.39 bits per heavy atom. The number of rotatable bonds is 5. The van der Waals surface area contributed by atoms with Crippen molar-refractivity contribution in [3.8, 4) is 0 Å². The van der Waals surface area contributed by atoms with Gasteiger partial charge < -0.3 is 19.5 Å². The predicted octanol–water partition coefficient (Wildman–Crippen LogP) is 0.998. The van der Waals surface area contributed by atoms with Crippen LogP contribution in [0.1, 0.15) is 34.7 Å². The van der Waals surface area contributed by atoms with Crippen LogP contribution in [0.5, 0.6) is 0 Å². The van der Waals surface area contributed by atoms with Gasteiger partial charge in [-0.25, -0.2) is 4.39 Å². The van der Waals surface area contributed by atoms with Crippen molar-refractivity contribution >= 4 is 11.8 Å². The molecule has 1 aliphatic heterocycles. The fourth-order valence-electron chi connectivity index (χ4n) is 2.66. The molecule has 23 heavy (non-hydrogen) atoms. The molecule has 0 saturated carbocycles. The summed E-state index contributed by atoms with van der Waals surface area (Å²) >= 11 is 0. The van der Waals surface area contributed by atoms with Gasteiger partial charge in [-0.3, -0.25) is 9.59 Å². The molecular weight excluding hydrogens is 305 g/mol. The number of ether oxygens (including phenoxy) is 1. The summed E-state index contributed by atoms with van der Waals surface area (Å²) in [6, 6.07) is 0. The Morgan fingerprint density at radius 3 is 2.57 bits per heavy atom. The zero-order valence-corrected chi connectivity index (χ0v) is 13.6. The quantitative estimate of drug-likeness (QED) is 0.816. The number of carbonyl (C=O) groups is 2. The number of hydrogen-bond donors (Lipinski definition) is 1. The highest BCUT2D eigenvalue weighted by Crippen LogP contribution is 2.28. The molecule has 1 aromatic heterocycles. The third-order valence-electron chi connectivity index (χ3n) is 4.09. The Hall–Kier alpha value is -1.96. The number of aromatic nitrogens is 1. The van der Waals surface area contributed by atoms with Crippen molar-refractivity contribution in [2.75, 3.05) is 33.4 Å². The van der Waals surface area contributed by atoms with Crippen molar-refractivity contribution in [3.05, 3.63) is 17.0 Å². The van der Waals surface area contributed by atoms with Crippen molar-refractivity contribution in [3.63, 3.8) is 0 Å². The first kappa shape index (κ1) is 17.4. The van der Waals surface area contributed by atoms with Gasteiger partial charge in [0.05, 0.1) is 12.3 Å². The molecule has 0 bridgehead atoms. The summed E-state index contributed by atoms with van der Waals surface area (Å²) in [4.78, 5) is 26.0. The smallest absolute Gasteiger partial charge is 0.259 e. The van der Waals surface area contributed by atoms with Crippen LogP contribution in [0.4, 0.5) is 4.39 Å². The SMILES string of the molecule is COCCNC(=O)C1(F)CCN(C(=O)c2c(C)noc2C)CC1. The maximum Gasteiger partial charge on any atom is 0.259 e. The number of nitrogens with zero attached hydrogens (tertiary/aromatic N) is 2. The fraction of sp³-hybridized carbons (Fsp3) is 0.667. The van der Waals surface area contributed by atoms with Gasteiger partial charge >= 0.3 is 0 Å². The van der Waals surface area contributed by atoms with Gasteiger partial charge in [-0.2, -0.15) is 0 Å². The number of carbonyl (C=O) groups excluding carboxylic acids is 2. The summed E-state index contributed by atoms with van der Waals surface area (Å²) in [6.07, 6.45) is -0.0537. The van der Waals surface area contributed by atoms with Crippen molar-refractivity contribution in [1.82, 2.24) is 15.4 Å². The first-order chi connectivity index (χ1) is 10.9. The lowest BCUT2D eigenvalue weighted by Gasteiger charge is -2.35. The van der Waals surface area contributed by atoms with E-state index in [2.05, 4.69) is 10.5 Å². The number of aryl methyl sites for hydroxylation is 2. The number of alkyl halides is 1. The molecule has 2 rings (SSSR count). The minimum Gasteiger partial charge on any atom is -0.383 e. The van der Waals surface area contributed by atoms with Crippen molar-refractivity contribution in [2.24, 2.45) is 0 Å². The van der Waals surface area contributed by atoms with Crippen LogP contribution in [0.15, 0.2) is 4.52 Å². The van der Waals surface area contributed by atoms with Gasteiger partial charge in [-0.15, -0.1) is 0 Å². The van der Waals surface area contributed by atoms with Crippen LogP contribution in [0, 0.1) is 13.8 Å². The number of amides is 2. The average Bonchev–Trinajstić information content (AvgIpc) is 2.86. The summed E-state index contributed by atoms with van der Waals surface area (Å²) < 4.78 is 24.5. The third kappa shape index (κ3) is 3.69. The molecule has 8 heteroatoms. The van der Waals surface area contributed by atoms with Crippen LogP contribution in [0.2, 0.25) is 0 Å². The van der Waals surface area contributed by atoms with Crippen molar-refractivity contribution in [1.29, 1.82) is 0 Å². The summed E-state index contributed by atoms with van der Waals surface area (Å²) in [5, 5.41) is 6.27. The van der Waals surface area contributed by atoms with Crippen molar-refractivity contribution < 1.29 is 23.2 Å². The van der Waals surface area contributed by atoms with E-state index < -0.39 is 11.6 Å². The summed E-state index contributed by atoms with van der Waals surface area (Å²) in [7, 11) is 1.51. The van der Waals surface area contributed by atoms with E-state index in [-0.39, 0.29) is 38.4 Å². The summed E-state index contributed by atoms with van der Waals surface area (Å²) in [5.74, 6) is -0.427. The molecule has 1 aromatic rings. The lowest BCUT2D eigenvalue weighted by molar-refractivity contribution is -0.135. The molecule has 2 amide bonds. The maximum absolute atomic E-state index is 14.7. The molecule has 2 heterocycles. The van der Waals surface area contributed by atoms with Gasteiger partial charge in [0.25, 0.3) is 11.8 Å². The monoisotopic (exact) mass is 327 g/mol. The first-order valence-electron chi connectivity index (χ1n) is 7.57. The van der Waals surface area contributed by atoms with Gasteiger partial charge in [0.1, 0.15) is 11.3 Å². The van der Waals surface area contributed by atoms with Crippen LogP contribution in [-0.2, 0) is 9.53 Å². The molecule has 0 unspecified atom stereocenters. The van der Waals surface area contributed by atoms with E-state index in [0.717, 1.165) is 0 Å². The highest BCUT2D eigenvalue weighted by molar-refractivity contribution is 5.96. The molecular formula is C15H22FN3O4. The molecule has 0 aliphatic carbocycles. The summed E-state index contributed by atoms with van der Waals surface area (Å²) in [5.41, 5.74) is -1.01. The van der Waals surface area contributed by atoms with E-state index in [1.165, 1.54) is 12.0 Å². The number of piperidine rings is 1. The molecule has 0 aromatic carbocycles. The molecule has 1 aliphatic rings. The highest BCUT2D eigenvalue weighted by atomic mass is 19.1. The molecule has 0 radical (unpaired) electrons. The molecule has 7 nitrogen and oxygen atoms in total. The number of nitrogens with one attached hydrogen (secondary N) is 1. The van der Waals surface area contributed by atoms with E-state index in [9.17, 15) is 14.0 Å². The van der Waals surface area contributed by atoms with Crippen molar-refractivity contribution in [2.45, 2.75) is 32.4 Å². The zero-order chi connectivity index (χ0) is 17.0. The molecule has 0 spiro atoms. The fourth-order valence-corrected chi connectivity index (χ4v) is 2.66. The van der Waals surface area contributed by atoms with E-state index in [1.807, 2.05) is 0 Å². The second kappa shape index (κ2) is 7.08. The normalized spacial score (nSPS) is 17.1. The molecule has 128 valence electrons. The predicted molar refractivity (Wildman–Crippen MR) is 79.8 cm³/mol. The van der Waals surface area contributed by atoms with Gasteiger partial charge in [0.15, 0.2) is 5.67 Å². The van der Waals surface area contributed by atoms with Crippen LogP contribution in [-0.4, -0.2) is 60.9 Å². The van der Waals surface area contributed by atoms with E-state index in [1.54, 1.807) is 13.8 Å². The van der Waals surface area contributed by atoms with Crippen LogP contribution >= 0.6 is 0 Å². The lowest BCUT2D eigenvalue weighted by atomic mass is 9.92. The second-order valence-electron chi connectivity index (χ2n) is 5.71. The Kier molecular flexibility index (Phi) is 5.35. The number of methoxy groups -OCH3 is 1. The largest absolute Gasteiger partial charge is 0.383 e. The minimum absolute atomic E-state index is 0.0269. The van der Waals surface area contributed by atoms with E-state index in [0.29, 0.717) is 23.6 Å². The topological polar surface area (TPSA) is 84.7 Å². The Balaban J connectivity index is 1.95. The van der Waals surface area contributed by atoms with Crippen LogP contribution in [0.3, 0.4) is 0 Å². The maximum atomic E-state index is 14.7. The molecule has 1 N–H and O–H groups in total. The van der Waals surface area contributed by atoms with Gasteiger partial charge in [-0.05, 0) is 13.8 Å². The molecule has 0 atom stereocenters. The van der Waals surface area contributed by atoms with Gasteiger partial charge in [0, 0.05) is 39.6 Å². The van der Waals surface area contributed by atoms with E-state index in [4.69, 9.17) is 9.26 Å². The Morgan fingerprint density at radius 2 is 2.04 bits per heavy atom. The van der Waals surface area contributed by atoms with Crippen LogP contribution in [0.25, 0.3) is 0 Å². The summed E-state index contributed by atoms with van der Waals surface area (Å²) in [6.45, 7) is 4.31. The third-order valence-corrected chi connectivity index (χ3v) is 4.09. The van der Waals surface area contributed by atoms with Crippen LogP contribution < -0.4 is 5.32 Å². The van der Waals surface area contributed by atoms with Gasteiger partial charge in [0.2, 0.25) is 0 Å². The van der Waals surface area contributed by atoms with Gasteiger partial charge in [-0.1, -0.05) is 5.16 Å². The Bertz CT molecular complexity index is 560. The molecule has 1 fully saturated rings. The first-order valence-corrected chi connectivity index (χ1v) is 7.57. The molecule has 1 saturated heterocycles.